The van der Waals surface area contributed by atoms with Crippen LogP contribution in [0.1, 0.15) is 27.3 Å². The number of carboxylic acid groups (broad SMARTS) is 1. The molecule has 4 heteroatoms. The topological polar surface area (TPSA) is 42.2 Å². The zero-order valence-electron chi connectivity index (χ0n) is 11.0. The number of aryl methyl sites for hydroxylation is 2. The number of benzene rings is 1. The SMILES string of the molecule is Cc1cc(C(=O)O)c(C)n1CCc1ccccc1F. The minimum atomic E-state index is -0.926. The lowest BCUT2D eigenvalue weighted by Crippen LogP contribution is -2.07. The van der Waals surface area contributed by atoms with Gasteiger partial charge in [-0.3, -0.25) is 0 Å². The first-order valence-electron chi connectivity index (χ1n) is 6.14. The van der Waals surface area contributed by atoms with Crippen LogP contribution in [0.15, 0.2) is 30.3 Å². The van der Waals surface area contributed by atoms with E-state index < -0.39 is 5.97 Å². The van der Waals surface area contributed by atoms with Gasteiger partial charge < -0.3 is 9.67 Å². The van der Waals surface area contributed by atoms with E-state index in [-0.39, 0.29) is 5.82 Å². The molecule has 100 valence electrons. The van der Waals surface area contributed by atoms with Crippen molar-refractivity contribution in [1.82, 2.24) is 4.57 Å². The third-order valence-electron chi connectivity index (χ3n) is 3.37. The number of aromatic carboxylic acids is 1. The van der Waals surface area contributed by atoms with Gasteiger partial charge in [0.15, 0.2) is 0 Å². The van der Waals surface area contributed by atoms with Crippen LogP contribution < -0.4 is 0 Å². The average molecular weight is 261 g/mol. The van der Waals surface area contributed by atoms with E-state index in [1.165, 1.54) is 6.07 Å². The van der Waals surface area contributed by atoms with Crippen LogP contribution in [0.4, 0.5) is 4.39 Å². The molecular weight excluding hydrogens is 245 g/mol. The summed E-state index contributed by atoms with van der Waals surface area (Å²) in [7, 11) is 0. The first-order chi connectivity index (χ1) is 9.00. The first kappa shape index (κ1) is 13.3. The van der Waals surface area contributed by atoms with E-state index in [1.54, 1.807) is 31.2 Å². The third-order valence-corrected chi connectivity index (χ3v) is 3.37. The summed E-state index contributed by atoms with van der Waals surface area (Å²) in [6, 6.07) is 8.30. The fourth-order valence-electron chi connectivity index (χ4n) is 2.30. The molecule has 0 aliphatic heterocycles. The Hall–Kier alpha value is -2.10. The van der Waals surface area contributed by atoms with Gasteiger partial charge in [-0.05, 0) is 38.0 Å². The van der Waals surface area contributed by atoms with Crippen molar-refractivity contribution in [3.05, 3.63) is 58.7 Å². The minimum absolute atomic E-state index is 0.219. The van der Waals surface area contributed by atoms with E-state index >= 15 is 0 Å². The monoisotopic (exact) mass is 261 g/mol. The van der Waals surface area contributed by atoms with Gasteiger partial charge in [0.25, 0.3) is 0 Å². The zero-order chi connectivity index (χ0) is 14.0. The summed E-state index contributed by atoms with van der Waals surface area (Å²) >= 11 is 0. The molecule has 1 N–H and O–H groups in total. The molecule has 0 saturated carbocycles. The highest BCUT2D eigenvalue weighted by atomic mass is 19.1. The van der Waals surface area contributed by atoms with Crippen LogP contribution in [0, 0.1) is 19.7 Å². The molecule has 0 bridgehead atoms. The van der Waals surface area contributed by atoms with Crippen LogP contribution >= 0.6 is 0 Å². The average Bonchev–Trinajstić information content (AvgIpc) is 2.65. The second kappa shape index (κ2) is 5.26. The summed E-state index contributed by atoms with van der Waals surface area (Å²) in [6.07, 6.45) is 0.544. The van der Waals surface area contributed by atoms with Crippen LogP contribution in [0.5, 0.6) is 0 Å². The number of hydrogen-bond acceptors (Lipinski definition) is 1. The Kier molecular flexibility index (Phi) is 3.69. The lowest BCUT2D eigenvalue weighted by atomic mass is 10.1. The molecular formula is C15H16FNO2. The molecule has 0 aliphatic carbocycles. The Morgan fingerprint density at radius 3 is 2.58 bits per heavy atom. The Morgan fingerprint density at radius 2 is 2.00 bits per heavy atom. The van der Waals surface area contributed by atoms with Gasteiger partial charge in [0.2, 0.25) is 0 Å². The molecule has 0 amide bonds. The molecule has 0 spiro atoms. The van der Waals surface area contributed by atoms with Crippen molar-refractivity contribution in [2.45, 2.75) is 26.8 Å². The number of halogens is 1. The Morgan fingerprint density at radius 1 is 1.32 bits per heavy atom. The van der Waals surface area contributed by atoms with Gasteiger partial charge >= 0.3 is 5.97 Å². The van der Waals surface area contributed by atoms with E-state index in [0.717, 1.165) is 5.69 Å². The molecule has 2 aromatic rings. The summed E-state index contributed by atoms with van der Waals surface area (Å²) in [5.41, 5.74) is 2.55. The van der Waals surface area contributed by atoms with Crippen LogP contribution in [0.3, 0.4) is 0 Å². The molecule has 0 saturated heterocycles. The van der Waals surface area contributed by atoms with Gasteiger partial charge in [-0.25, -0.2) is 9.18 Å². The van der Waals surface area contributed by atoms with Crippen molar-refractivity contribution in [3.8, 4) is 0 Å². The number of nitrogens with zero attached hydrogens (tertiary/aromatic N) is 1. The van der Waals surface area contributed by atoms with Gasteiger partial charge in [0.1, 0.15) is 5.82 Å². The third kappa shape index (κ3) is 2.67. The lowest BCUT2D eigenvalue weighted by Gasteiger charge is -2.10. The Labute approximate surface area is 111 Å². The molecule has 0 radical (unpaired) electrons. The van der Waals surface area contributed by atoms with Crippen molar-refractivity contribution in [1.29, 1.82) is 0 Å². The van der Waals surface area contributed by atoms with E-state index in [4.69, 9.17) is 5.11 Å². The van der Waals surface area contributed by atoms with E-state index in [9.17, 15) is 9.18 Å². The summed E-state index contributed by atoms with van der Waals surface area (Å²) in [5, 5.41) is 9.06. The van der Waals surface area contributed by atoms with E-state index in [0.29, 0.717) is 29.8 Å². The van der Waals surface area contributed by atoms with E-state index in [1.807, 2.05) is 11.5 Å². The Bertz CT molecular complexity index is 617. The molecule has 2 rings (SSSR count). The predicted octanol–water partition coefficient (Wildman–Crippen LogP) is 3.18. The maximum atomic E-state index is 13.5. The molecule has 3 nitrogen and oxygen atoms in total. The largest absolute Gasteiger partial charge is 0.478 e. The number of carboxylic acids is 1. The number of hydrogen-bond donors (Lipinski definition) is 1. The molecule has 1 aromatic carbocycles. The lowest BCUT2D eigenvalue weighted by molar-refractivity contribution is 0.0696. The number of rotatable bonds is 4. The number of aromatic nitrogens is 1. The molecule has 1 aromatic heterocycles. The molecule has 0 aliphatic rings. The van der Waals surface area contributed by atoms with Crippen molar-refractivity contribution in [2.24, 2.45) is 0 Å². The van der Waals surface area contributed by atoms with Crippen molar-refractivity contribution < 1.29 is 14.3 Å². The van der Waals surface area contributed by atoms with Gasteiger partial charge in [-0.1, -0.05) is 18.2 Å². The summed E-state index contributed by atoms with van der Waals surface area (Å²) in [4.78, 5) is 11.0. The van der Waals surface area contributed by atoms with Crippen LogP contribution in [-0.4, -0.2) is 15.6 Å². The van der Waals surface area contributed by atoms with E-state index in [2.05, 4.69) is 0 Å². The van der Waals surface area contributed by atoms with Gasteiger partial charge in [-0.15, -0.1) is 0 Å². The summed E-state index contributed by atoms with van der Waals surface area (Å²) < 4.78 is 15.4. The fourth-order valence-corrected chi connectivity index (χ4v) is 2.30. The summed E-state index contributed by atoms with van der Waals surface area (Å²) in [6.45, 7) is 4.21. The molecule has 0 fully saturated rings. The second-order valence-electron chi connectivity index (χ2n) is 4.58. The zero-order valence-corrected chi connectivity index (χ0v) is 11.0. The highest BCUT2D eigenvalue weighted by Gasteiger charge is 2.14. The van der Waals surface area contributed by atoms with Crippen molar-refractivity contribution >= 4 is 5.97 Å². The molecule has 19 heavy (non-hydrogen) atoms. The first-order valence-corrected chi connectivity index (χ1v) is 6.14. The second-order valence-corrected chi connectivity index (χ2v) is 4.58. The van der Waals surface area contributed by atoms with Crippen molar-refractivity contribution in [3.63, 3.8) is 0 Å². The molecule has 0 atom stereocenters. The van der Waals surface area contributed by atoms with Gasteiger partial charge in [0, 0.05) is 17.9 Å². The highest BCUT2D eigenvalue weighted by molar-refractivity contribution is 5.89. The Balaban J connectivity index is 2.21. The summed E-state index contributed by atoms with van der Waals surface area (Å²) in [5.74, 6) is -1.14. The van der Waals surface area contributed by atoms with Crippen LogP contribution in [-0.2, 0) is 13.0 Å². The highest BCUT2D eigenvalue weighted by Crippen LogP contribution is 2.16. The van der Waals surface area contributed by atoms with Crippen molar-refractivity contribution in [2.75, 3.05) is 0 Å². The standard InChI is InChI=1S/C15H16FNO2/c1-10-9-13(15(18)19)11(2)17(10)8-7-12-5-3-4-6-14(12)16/h3-6,9H,7-8H2,1-2H3,(H,18,19). The number of carbonyl (C=O) groups is 1. The smallest absolute Gasteiger partial charge is 0.337 e. The molecule has 0 unspecified atom stereocenters. The normalized spacial score (nSPS) is 10.7. The quantitative estimate of drug-likeness (QED) is 0.918. The predicted molar refractivity (Wildman–Crippen MR) is 71.0 cm³/mol. The fraction of sp³-hybridized carbons (Fsp3) is 0.267. The maximum Gasteiger partial charge on any atom is 0.337 e. The molecule has 1 heterocycles. The van der Waals surface area contributed by atoms with Crippen LogP contribution in [0.25, 0.3) is 0 Å². The minimum Gasteiger partial charge on any atom is -0.478 e. The van der Waals surface area contributed by atoms with Crippen LogP contribution in [0.2, 0.25) is 0 Å². The van der Waals surface area contributed by atoms with Gasteiger partial charge in [0.05, 0.1) is 5.56 Å². The maximum absolute atomic E-state index is 13.5. The van der Waals surface area contributed by atoms with Gasteiger partial charge in [-0.2, -0.15) is 0 Å².